The molecule has 0 amide bonds. The number of carbonyl (C=O) groups is 1. The molecule has 104 valence electrons. The molecule has 2 N–H and O–H groups in total. The molecule has 1 aromatic heterocycles. The molecule has 0 spiro atoms. The number of hydrogen-bond acceptors (Lipinski definition) is 4. The summed E-state index contributed by atoms with van der Waals surface area (Å²) in [5, 5.41) is 8.26. The maximum absolute atomic E-state index is 12.0. The number of hydrogen-bond donors (Lipinski definition) is 2. The van der Waals surface area contributed by atoms with Crippen LogP contribution in [0.4, 0.5) is 0 Å². The summed E-state index contributed by atoms with van der Waals surface area (Å²) in [6.45, 7) is 0. The molecule has 1 heterocycles. The third kappa shape index (κ3) is 2.30. The summed E-state index contributed by atoms with van der Waals surface area (Å²) in [5.41, 5.74) is -2.18. The molecule has 20 heavy (non-hydrogen) atoms. The molecule has 0 bridgehead atoms. The number of aromatic amines is 1. The van der Waals surface area contributed by atoms with Crippen molar-refractivity contribution in [1.82, 2.24) is 9.55 Å². The Morgan fingerprint density at radius 2 is 1.90 bits per heavy atom. The van der Waals surface area contributed by atoms with E-state index >= 15 is 0 Å². The normalized spacial score (nSPS) is 10.3. The van der Waals surface area contributed by atoms with Gasteiger partial charge in [-0.15, -0.1) is 0 Å². The van der Waals surface area contributed by atoms with E-state index in [1.54, 1.807) is 12.1 Å². The van der Waals surface area contributed by atoms with Gasteiger partial charge in [0.2, 0.25) is 0 Å². The van der Waals surface area contributed by atoms with E-state index in [1.807, 2.05) is 0 Å². The van der Waals surface area contributed by atoms with Crippen molar-refractivity contribution >= 4 is 17.6 Å². The maximum atomic E-state index is 12.0. The second kappa shape index (κ2) is 5.22. The van der Waals surface area contributed by atoms with E-state index in [0.717, 1.165) is 4.57 Å². The van der Waals surface area contributed by atoms with E-state index in [1.165, 1.54) is 19.2 Å². The van der Waals surface area contributed by atoms with Gasteiger partial charge in [0, 0.05) is 0 Å². The lowest BCUT2D eigenvalue weighted by Gasteiger charge is -2.07. The third-order valence-corrected chi connectivity index (χ3v) is 2.94. The van der Waals surface area contributed by atoms with Crippen molar-refractivity contribution in [2.75, 3.05) is 7.11 Å². The van der Waals surface area contributed by atoms with Crippen molar-refractivity contribution in [3.8, 4) is 11.4 Å². The highest BCUT2D eigenvalue weighted by atomic mass is 35.5. The SMILES string of the molecule is COc1ccc(-n2c(=O)[nH]c(C(=O)O)c(Cl)c2=O)cc1. The zero-order chi connectivity index (χ0) is 14.9. The Hall–Kier alpha value is -2.54. The Kier molecular flexibility index (Phi) is 3.62. The van der Waals surface area contributed by atoms with E-state index < -0.39 is 27.9 Å². The first-order chi connectivity index (χ1) is 9.45. The fraction of sp³-hybridized carbons (Fsp3) is 0.0833. The average molecular weight is 297 g/mol. The van der Waals surface area contributed by atoms with Gasteiger partial charge in [0.1, 0.15) is 10.8 Å². The highest BCUT2D eigenvalue weighted by molar-refractivity contribution is 6.33. The van der Waals surface area contributed by atoms with Gasteiger partial charge in [-0.25, -0.2) is 14.2 Å². The van der Waals surface area contributed by atoms with Crippen molar-refractivity contribution < 1.29 is 14.6 Å². The monoisotopic (exact) mass is 296 g/mol. The summed E-state index contributed by atoms with van der Waals surface area (Å²) in [7, 11) is 1.48. The van der Waals surface area contributed by atoms with Crippen LogP contribution in [0.3, 0.4) is 0 Å². The van der Waals surface area contributed by atoms with Gasteiger partial charge in [-0.1, -0.05) is 11.6 Å². The zero-order valence-corrected chi connectivity index (χ0v) is 11.0. The number of nitrogens with zero attached hydrogens (tertiary/aromatic N) is 1. The van der Waals surface area contributed by atoms with Gasteiger partial charge in [0.25, 0.3) is 5.56 Å². The first-order valence-corrected chi connectivity index (χ1v) is 5.76. The van der Waals surface area contributed by atoms with E-state index in [0.29, 0.717) is 5.75 Å². The summed E-state index contributed by atoms with van der Waals surface area (Å²) in [6.07, 6.45) is 0. The largest absolute Gasteiger partial charge is 0.497 e. The molecule has 0 aliphatic rings. The number of carboxylic acid groups (broad SMARTS) is 1. The molecular formula is C12H9ClN2O5. The fourth-order valence-corrected chi connectivity index (χ4v) is 1.84. The number of aromatic carboxylic acids is 1. The van der Waals surface area contributed by atoms with Crippen LogP contribution >= 0.6 is 11.6 Å². The molecular weight excluding hydrogens is 288 g/mol. The smallest absolute Gasteiger partial charge is 0.354 e. The Morgan fingerprint density at radius 3 is 2.40 bits per heavy atom. The minimum Gasteiger partial charge on any atom is -0.497 e. The van der Waals surface area contributed by atoms with Gasteiger partial charge in [0.15, 0.2) is 5.69 Å². The predicted octanol–water partition coefficient (Wildman–Crippen LogP) is 0.886. The predicted molar refractivity (Wildman–Crippen MR) is 71.2 cm³/mol. The van der Waals surface area contributed by atoms with Crippen LogP contribution in [0.25, 0.3) is 5.69 Å². The number of benzene rings is 1. The van der Waals surface area contributed by atoms with E-state index in [4.69, 9.17) is 21.4 Å². The minimum absolute atomic E-state index is 0.246. The second-order valence-corrected chi connectivity index (χ2v) is 4.14. The third-order valence-electron chi connectivity index (χ3n) is 2.59. The molecule has 0 radical (unpaired) electrons. The Morgan fingerprint density at radius 1 is 1.30 bits per heavy atom. The van der Waals surface area contributed by atoms with Crippen molar-refractivity contribution in [2.45, 2.75) is 0 Å². The fourth-order valence-electron chi connectivity index (χ4n) is 1.63. The van der Waals surface area contributed by atoms with Gasteiger partial charge >= 0.3 is 11.7 Å². The molecule has 7 nitrogen and oxygen atoms in total. The first kappa shape index (κ1) is 13.9. The van der Waals surface area contributed by atoms with Crippen molar-refractivity contribution in [3.05, 3.63) is 55.8 Å². The van der Waals surface area contributed by atoms with Crippen LogP contribution in [0.1, 0.15) is 10.5 Å². The van der Waals surface area contributed by atoms with Gasteiger partial charge in [-0.05, 0) is 24.3 Å². The molecule has 2 rings (SSSR count). The van der Waals surface area contributed by atoms with Crippen molar-refractivity contribution in [1.29, 1.82) is 0 Å². The first-order valence-electron chi connectivity index (χ1n) is 5.38. The van der Waals surface area contributed by atoms with Crippen LogP contribution in [0.2, 0.25) is 5.02 Å². The topological polar surface area (TPSA) is 101 Å². The lowest BCUT2D eigenvalue weighted by molar-refractivity contribution is 0.0689. The van der Waals surface area contributed by atoms with Crippen LogP contribution in [0.5, 0.6) is 5.75 Å². The van der Waals surface area contributed by atoms with Crippen LogP contribution < -0.4 is 16.0 Å². The molecule has 0 unspecified atom stereocenters. The van der Waals surface area contributed by atoms with E-state index in [-0.39, 0.29) is 5.69 Å². The minimum atomic E-state index is -1.48. The van der Waals surface area contributed by atoms with Gasteiger partial charge in [-0.3, -0.25) is 9.78 Å². The van der Waals surface area contributed by atoms with E-state index in [9.17, 15) is 14.4 Å². The highest BCUT2D eigenvalue weighted by Gasteiger charge is 2.18. The average Bonchev–Trinajstić information content (AvgIpc) is 2.43. The summed E-state index contributed by atoms with van der Waals surface area (Å²) >= 11 is 5.66. The number of ether oxygens (including phenoxy) is 1. The Bertz CT molecular complexity index is 776. The number of nitrogens with one attached hydrogen (secondary N) is 1. The number of halogens is 1. The molecule has 2 aromatic rings. The number of rotatable bonds is 3. The van der Waals surface area contributed by atoms with E-state index in [2.05, 4.69) is 4.98 Å². The van der Waals surface area contributed by atoms with Crippen LogP contribution in [0, 0.1) is 0 Å². The number of methoxy groups -OCH3 is 1. The summed E-state index contributed by atoms with van der Waals surface area (Å²) in [6, 6.07) is 6.07. The van der Waals surface area contributed by atoms with Gasteiger partial charge in [0.05, 0.1) is 12.8 Å². The van der Waals surface area contributed by atoms with Crippen molar-refractivity contribution in [2.24, 2.45) is 0 Å². The van der Waals surface area contributed by atoms with Gasteiger partial charge in [-0.2, -0.15) is 0 Å². The Balaban J connectivity index is 2.69. The molecule has 0 fully saturated rings. The Labute approximate surface area is 117 Å². The molecule has 0 atom stereocenters. The van der Waals surface area contributed by atoms with Crippen LogP contribution in [-0.2, 0) is 0 Å². The quantitative estimate of drug-likeness (QED) is 0.875. The van der Waals surface area contributed by atoms with Crippen molar-refractivity contribution in [3.63, 3.8) is 0 Å². The molecule has 0 saturated carbocycles. The molecule has 0 aliphatic heterocycles. The number of aromatic nitrogens is 2. The maximum Gasteiger partial charge on any atom is 0.354 e. The number of carboxylic acids is 1. The zero-order valence-electron chi connectivity index (χ0n) is 10.2. The highest BCUT2D eigenvalue weighted by Crippen LogP contribution is 2.13. The molecule has 8 heteroatoms. The molecule has 0 aliphatic carbocycles. The summed E-state index contributed by atoms with van der Waals surface area (Å²) in [4.78, 5) is 36.7. The van der Waals surface area contributed by atoms with Crippen LogP contribution in [0.15, 0.2) is 33.9 Å². The summed E-state index contributed by atoms with van der Waals surface area (Å²) in [5.74, 6) is -0.933. The molecule has 0 saturated heterocycles. The lowest BCUT2D eigenvalue weighted by atomic mass is 10.3. The number of H-pyrrole nitrogens is 1. The standard InChI is InChI=1S/C12H9ClN2O5/c1-20-7-4-2-6(3-5-7)15-10(16)8(13)9(11(17)18)14-12(15)19/h2-5H,1H3,(H,14,19)(H,17,18). The summed E-state index contributed by atoms with van der Waals surface area (Å²) < 4.78 is 5.71. The lowest BCUT2D eigenvalue weighted by Crippen LogP contribution is -2.36. The second-order valence-electron chi connectivity index (χ2n) is 3.76. The van der Waals surface area contributed by atoms with Gasteiger partial charge < -0.3 is 9.84 Å². The van der Waals surface area contributed by atoms with Crippen LogP contribution in [-0.4, -0.2) is 27.7 Å². The molecule has 1 aromatic carbocycles.